The van der Waals surface area contributed by atoms with Crippen molar-refractivity contribution in [2.75, 3.05) is 0 Å². The van der Waals surface area contributed by atoms with Gasteiger partial charge in [0.05, 0.1) is 0 Å². The average molecular weight is 258 g/mol. The molecular weight excluding hydrogens is 240 g/mol. The summed E-state index contributed by atoms with van der Waals surface area (Å²) in [5.41, 5.74) is 2.59. The molecular formula is C20H18. The fourth-order valence-electron chi connectivity index (χ4n) is 2.56. The van der Waals surface area contributed by atoms with Crippen LogP contribution in [0.2, 0.25) is 0 Å². The van der Waals surface area contributed by atoms with Gasteiger partial charge >= 0.3 is 0 Å². The van der Waals surface area contributed by atoms with Gasteiger partial charge in [-0.25, -0.2) is 0 Å². The van der Waals surface area contributed by atoms with Crippen LogP contribution >= 0.6 is 0 Å². The highest BCUT2D eigenvalue weighted by molar-refractivity contribution is 5.75. The third-order valence-electron chi connectivity index (χ3n) is 3.64. The predicted octanol–water partition coefficient (Wildman–Crippen LogP) is 5.11. The van der Waals surface area contributed by atoms with Gasteiger partial charge in [0.15, 0.2) is 0 Å². The number of rotatable bonds is 1. The summed E-state index contributed by atoms with van der Waals surface area (Å²) in [4.78, 5) is 0. The van der Waals surface area contributed by atoms with Crippen molar-refractivity contribution >= 4 is 5.57 Å². The molecule has 2 aliphatic carbocycles. The molecule has 98 valence electrons. The highest BCUT2D eigenvalue weighted by atomic mass is 14.2. The van der Waals surface area contributed by atoms with Crippen LogP contribution in [0.1, 0.15) is 5.56 Å². The summed E-state index contributed by atoms with van der Waals surface area (Å²) in [6, 6.07) is 10.6. The topological polar surface area (TPSA) is 0 Å². The van der Waals surface area contributed by atoms with E-state index in [1.807, 2.05) is 0 Å². The number of hydrogen-bond donors (Lipinski definition) is 0. The zero-order chi connectivity index (χ0) is 13.6. The average Bonchev–Trinajstić information content (AvgIpc) is 2.52. The van der Waals surface area contributed by atoms with Gasteiger partial charge in [0.1, 0.15) is 0 Å². The van der Waals surface area contributed by atoms with Crippen LogP contribution in [0.4, 0.5) is 0 Å². The van der Waals surface area contributed by atoms with Gasteiger partial charge in [0.25, 0.3) is 0 Å². The van der Waals surface area contributed by atoms with Crippen molar-refractivity contribution in [2.24, 2.45) is 11.8 Å². The number of benzene rings is 1. The highest BCUT2D eigenvalue weighted by Crippen LogP contribution is 2.30. The van der Waals surface area contributed by atoms with Crippen molar-refractivity contribution in [3.05, 3.63) is 103 Å². The van der Waals surface area contributed by atoms with E-state index in [9.17, 15) is 0 Å². The first-order valence-corrected chi connectivity index (χ1v) is 7.07. The van der Waals surface area contributed by atoms with Gasteiger partial charge < -0.3 is 0 Å². The molecule has 0 aliphatic heterocycles. The Morgan fingerprint density at radius 1 is 0.600 bits per heavy atom. The Morgan fingerprint density at radius 2 is 1.25 bits per heavy atom. The summed E-state index contributed by atoms with van der Waals surface area (Å²) in [7, 11) is 0. The molecule has 2 aliphatic rings. The maximum Gasteiger partial charge on any atom is 0.00567 e. The number of fused-ring (bicyclic) bond motifs is 1. The lowest BCUT2D eigenvalue weighted by atomic mass is 9.83. The monoisotopic (exact) mass is 258 g/mol. The van der Waals surface area contributed by atoms with E-state index in [2.05, 4.69) is 97.2 Å². The molecule has 0 amide bonds. The minimum atomic E-state index is 0.419. The molecule has 0 radical (unpaired) electrons. The van der Waals surface area contributed by atoms with Crippen molar-refractivity contribution < 1.29 is 0 Å². The predicted molar refractivity (Wildman–Crippen MR) is 87.1 cm³/mol. The molecule has 0 N–H and O–H groups in total. The number of hydrogen-bond acceptors (Lipinski definition) is 0. The largest absolute Gasteiger partial charge is 0.0767 e. The zero-order valence-electron chi connectivity index (χ0n) is 11.4. The second-order valence-corrected chi connectivity index (χ2v) is 5.04. The Hall–Kier alpha value is -2.34. The lowest BCUT2D eigenvalue weighted by Gasteiger charge is -2.21. The second kappa shape index (κ2) is 6.21. The third kappa shape index (κ3) is 2.97. The van der Waals surface area contributed by atoms with Gasteiger partial charge in [-0.15, -0.1) is 0 Å². The van der Waals surface area contributed by atoms with Crippen LogP contribution in [-0.4, -0.2) is 0 Å². The van der Waals surface area contributed by atoms with Crippen LogP contribution in [0.15, 0.2) is 97.2 Å². The van der Waals surface area contributed by atoms with E-state index >= 15 is 0 Å². The zero-order valence-corrected chi connectivity index (χ0v) is 11.4. The van der Waals surface area contributed by atoms with Crippen molar-refractivity contribution in [2.45, 2.75) is 0 Å². The Labute approximate surface area is 120 Å². The van der Waals surface area contributed by atoms with Gasteiger partial charge in [-0.2, -0.15) is 0 Å². The van der Waals surface area contributed by atoms with E-state index in [1.54, 1.807) is 0 Å². The molecule has 0 fully saturated rings. The lowest BCUT2D eigenvalue weighted by Crippen LogP contribution is -2.09. The summed E-state index contributed by atoms with van der Waals surface area (Å²) in [5, 5.41) is 0. The van der Waals surface area contributed by atoms with E-state index in [0.717, 1.165) is 0 Å². The molecule has 1 aromatic carbocycles. The van der Waals surface area contributed by atoms with Crippen molar-refractivity contribution in [1.29, 1.82) is 0 Å². The molecule has 0 nitrogen and oxygen atoms in total. The van der Waals surface area contributed by atoms with E-state index in [4.69, 9.17) is 0 Å². The molecule has 0 saturated carbocycles. The molecule has 0 bridgehead atoms. The second-order valence-electron chi connectivity index (χ2n) is 5.04. The SMILES string of the molecule is C1=CC=CC2C=CC(c3ccccc3)=CC2C=CC=C1. The van der Waals surface area contributed by atoms with Crippen LogP contribution < -0.4 is 0 Å². The number of allylic oxidation sites excluding steroid dienone is 12. The normalized spacial score (nSPS) is 24.3. The molecule has 1 aromatic rings. The molecule has 0 heteroatoms. The highest BCUT2D eigenvalue weighted by Gasteiger charge is 2.16. The fraction of sp³-hybridized carbons (Fsp3) is 0.100. The van der Waals surface area contributed by atoms with Gasteiger partial charge in [-0.3, -0.25) is 0 Å². The quantitative estimate of drug-likeness (QED) is 0.656. The minimum Gasteiger partial charge on any atom is -0.0767 e. The van der Waals surface area contributed by atoms with Crippen molar-refractivity contribution in [3.63, 3.8) is 0 Å². The van der Waals surface area contributed by atoms with Crippen molar-refractivity contribution in [3.8, 4) is 0 Å². The van der Waals surface area contributed by atoms with Crippen molar-refractivity contribution in [1.82, 2.24) is 0 Å². The summed E-state index contributed by atoms with van der Waals surface area (Å²) in [5.74, 6) is 0.859. The minimum absolute atomic E-state index is 0.419. The summed E-state index contributed by atoms with van der Waals surface area (Å²) in [6.45, 7) is 0. The standard InChI is InChI=1S/C20H18/c1-2-4-7-13-19-16-20(17-10-8-5-9-11-17)15-14-18(19)12-6-3-1/h1-16,18-19H. The first-order chi connectivity index (χ1) is 9.93. The summed E-state index contributed by atoms with van der Waals surface area (Å²) in [6.07, 6.45) is 24.0. The van der Waals surface area contributed by atoms with Crippen LogP contribution in [-0.2, 0) is 0 Å². The molecule has 3 rings (SSSR count). The molecule has 20 heavy (non-hydrogen) atoms. The van der Waals surface area contributed by atoms with Crippen LogP contribution in [0, 0.1) is 11.8 Å². The summed E-state index contributed by atoms with van der Waals surface area (Å²) < 4.78 is 0. The van der Waals surface area contributed by atoms with Gasteiger partial charge in [0, 0.05) is 11.8 Å². The smallest absolute Gasteiger partial charge is 0.00567 e. The third-order valence-corrected chi connectivity index (χ3v) is 3.64. The Morgan fingerprint density at radius 3 is 2.00 bits per heavy atom. The van der Waals surface area contributed by atoms with Gasteiger partial charge in [-0.1, -0.05) is 97.2 Å². The molecule has 0 spiro atoms. The van der Waals surface area contributed by atoms with E-state index in [1.165, 1.54) is 11.1 Å². The van der Waals surface area contributed by atoms with Gasteiger partial charge in [-0.05, 0) is 11.1 Å². The maximum absolute atomic E-state index is 2.36. The Balaban J connectivity index is 1.92. The van der Waals surface area contributed by atoms with E-state index < -0.39 is 0 Å². The van der Waals surface area contributed by atoms with E-state index in [-0.39, 0.29) is 0 Å². The first kappa shape index (κ1) is 12.7. The van der Waals surface area contributed by atoms with Crippen LogP contribution in [0.25, 0.3) is 5.57 Å². The molecule has 0 aromatic heterocycles. The Bertz CT molecular complexity index is 621. The molecule has 0 heterocycles. The maximum atomic E-state index is 2.36. The summed E-state index contributed by atoms with van der Waals surface area (Å²) >= 11 is 0. The first-order valence-electron chi connectivity index (χ1n) is 7.07. The lowest BCUT2D eigenvalue weighted by molar-refractivity contribution is 0.670. The molecule has 2 atom stereocenters. The Kier molecular flexibility index (Phi) is 3.93. The molecule has 0 saturated heterocycles. The van der Waals surface area contributed by atoms with Gasteiger partial charge in [0.2, 0.25) is 0 Å². The van der Waals surface area contributed by atoms with Crippen LogP contribution in [0.5, 0.6) is 0 Å². The van der Waals surface area contributed by atoms with E-state index in [0.29, 0.717) is 11.8 Å². The molecule has 2 unspecified atom stereocenters. The van der Waals surface area contributed by atoms with Crippen LogP contribution in [0.3, 0.4) is 0 Å². The fourth-order valence-corrected chi connectivity index (χ4v) is 2.56.